The maximum Gasteiger partial charge on any atom is 0.269 e. The Labute approximate surface area is 114 Å². The van der Waals surface area contributed by atoms with Crippen LogP contribution in [0.4, 0.5) is 5.82 Å². The first-order chi connectivity index (χ1) is 9.19. The number of hydrazine groups is 1. The minimum absolute atomic E-state index is 0.263. The number of nitriles is 1. The summed E-state index contributed by atoms with van der Waals surface area (Å²) in [5.74, 6) is -0.0250. The third-order valence-electron chi connectivity index (χ3n) is 2.19. The van der Waals surface area contributed by atoms with E-state index in [2.05, 4.69) is 21.0 Å². The first-order valence-corrected chi connectivity index (χ1v) is 5.62. The van der Waals surface area contributed by atoms with Crippen molar-refractivity contribution in [3.8, 4) is 6.07 Å². The summed E-state index contributed by atoms with van der Waals surface area (Å²) >= 11 is 5.58. The quantitative estimate of drug-likeness (QED) is 0.832. The van der Waals surface area contributed by atoms with Crippen LogP contribution in [0.2, 0.25) is 5.15 Å². The van der Waals surface area contributed by atoms with Crippen molar-refractivity contribution in [1.29, 1.82) is 5.26 Å². The van der Waals surface area contributed by atoms with E-state index in [-0.39, 0.29) is 11.1 Å². The Balaban J connectivity index is 2.01. The van der Waals surface area contributed by atoms with Gasteiger partial charge in [-0.3, -0.25) is 15.6 Å². The zero-order valence-electron chi connectivity index (χ0n) is 9.59. The second-order valence-electron chi connectivity index (χ2n) is 3.51. The fraction of sp³-hybridized carbons (Fsp3) is 0. The van der Waals surface area contributed by atoms with E-state index in [9.17, 15) is 4.79 Å². The summed E-state index contributed by atoms with van der Waals surface area (Å²) in [6.07, 6.45) is 0. The highest BCUT2D eigenvalue weighted by Gasteiger charge is 2.06. The minimum atomic E-state index is -0.381. The van der Waals surface area contributed by atoms with E-state index in [4.69, 9.17) is 16.9 Å². The van der Waals surface area contributed by atoms with E-state index >= 15 is 0 Å². The Hall–Kier alpha value is -2.65. The van der Waals surface area contributed by atoms with Gasteiger partial charge in [-0.2, -0.15) is 5.26 Å². The maximum absolute atomic E-state index is 11.8. The van der Waals surface area contributed by atoms with Gasteiger partial charge in [0.25, 0.3) is 5.91 Å². The molecule has 1 aromatic heterocycles. The third-order valence-corrected chi connectivity index (χ3v) is 2.39. The van der Waals surface area contributed by atoms with Gasteiger partial charge in [-0.25, -0.2) is 0 Å². The van der Waals surface area contributed by atoms with Gasteiger partial charge in [0.15, 0.2) is 11.0 Å². The predicted molar refractivity (Wildman–Crippen MR) is 69.3 cm³/mol. The molecule has 0 radical (unpaired) electrons. The number of hydrogen-bond acceptors (Lipinski definition) is 5. The van der Waals surface area contributed by atoms with E-state index in [1.165, 1.54) is 6.07 Å². The summed E-state index contributed by atoms with van der Waals surface area (Å²) in [6, 6.07) is 11.4. The fourth-order valence-corrected chi connectivity index (χ4v) is 1.41. The Bertz CT molecular complexity index is 635. The fourth-order valence-electron chi connectivity index (χ4n) is 1.31. The Morgan fingerprint density at radius 1 is 1.26 bits per heavy atom. The monoisotopic (exact) mass is 273 g/mol. The van der Waals surface area contributed by atoms with Crippen molar-refractivity contribution in [1.82, 2.24) is 15.6 Å². The molecule has 0 saturated heterocycles. The molecule has 0 unspecified atom stereocenters. The molecule has 6 nitrogen and oxygen atoms in total. The number of carbonyl (C=O) groups is 1. The van der Waals surface area contributed by atoms with Crippen molar-refractivity contribution < 1.29 is 4.79 Å². The summed E-state index contributed by atoms with van der Waals surface area (Å²) in [5, 5.41) is 16.3. The number of anilines is 1. The number of halogens is 1. The van der Waals surface area contributed by atoms with Gasteiger partial charge in [0.05, 0.1) is 11.6 Å². The molecule has 0 atom stereocenters. The number of benzene rings is 1. The summed E-state index contributed by atoms with van der Waals surface area (Å²) in [5.41, 5.74) is 5.82. The molecule has 1 aromatic carbocycles. The molecule has 2 N–H and O–H groups in total. The molecular weight excluding hydrogens is 266 g/mol. The number of hydrogen-bond donors (Lipinski definition) is 2. The van der Waals surface area contributed by atoms with Crippen LogP contribution in [-0.2, 0) is 0 Å². The molecule has 0 aliphatic heterocycles. The van der Waals surface area contributed by atoms with Crippen LogP contribution in [0.25, 0.3) is 0 Å². The molecule has 2 rings (SSSR count). The molecule has 1 heterocycles. The van der Waals surface area contributed by atoms with Crippen LogP contribution >= 0.6 is 11.6 Å². The van der Waals surface area contributed by atoms with Gasteiger partial charge in [-0.1, -0.05) is 17.7 Å². The molecule has 1 amide bonds. The highest BCUT2D eigenvalue weighted by molar-refractivity contribution is 6.29. The van der Waals surface area contributed by atoms with Crippen LogP contribution in [0.15, 0.2) is 36.4 Å². The number of rotatable bonds is 3. The number of carbonyl (C=O) groups excluding carboxylic acids is 1. The third kappa shape index (κ3) is 3.40. The standard InChI is InChI=1S/C12H8ClN5O/c13-10-4-5-11(16-15-10)17-18-12(19)9-3-1-2-8(6-9)7-14/h1-6H,(H,16,17)(H,18,19). The molecular formula is C12H8ClN5O. The van der Waals surface area contributed by atoms with Crippen LogP contribution in [0.1, 0.15) is 15.9 Å². The highest BCUT2D eigenvalue weighted by Crippen LogP contribution is 2.06. The highest BCUT2D eigenvalue weighted by atomic mass is 35.5. The Morgan fingerprint density at radius 2 is 2.11 bits per heavy atom. The van der Waals surface area contributed by atoms with Crippen molar-refractivity contribution in [2.24, 2.45) is 0 Å². The SMILES string of the molecule is N#Cc1cccc(C(=O)NNc2ccc(Cl)nn2)c1. The average Bonchev–Trinajstić information content (AvgIpc) is 2.46. The van der Waals surface area contributed by atoms with Crippen LogP contribution in [0.3, 0.4) is 0 Å². The van der Waals surface area contributed by atoms with Gasteiger partial charge < -0.3 is 0 Å². The van der Waals surface area contributed by atoms with Crippen molar-refractivity contribution in [2.75, 3.05) is 5.43 Å². The van der Waals surface area contributed by atoms with Gasteiger partial charge in [0.1, 0.15) is 0 Å². The lowest BCUT2D eigenvalue weighted by atomic mass is 10.1. The van der Waals surface area contributed by atoms with E-state index in [0.717, 1.165) is 0 Å². The van der Waals surface area contributed by atoms with E-state index in [1.807, 2.05) is 6.07 Å². The van der Waals surface area contributed by atoms with Crippen molar-refractivity contribution in [2.45, 2.75) is 0 Å². The molecule has 94 valence electrons. The first kappa shape index (κ1) is 12.8. The van der Waals surface area contributed by atoms with E-state index in [1.54, 1.807) is 30.3 Å². The topological polar surface area (TPSA) is 90.7 Å². The minimum Gasteiger partial charge on any atom is -0.280 e. The molecule has 0 aliphatic carbocycles. The molecule has 0 fully saturated rings. The van der Waals surface area contributed by atoms with Gasteiger partial charge in [0.2, 0.25) is 0 Å². The summed E-state index contributed by atoms with van der Waals surface area (Å²) in [7, 11) is 0. The normalized spacial score (nSPS) is 9.47. The largest absolute Gasteiger partial charge is 0.280 e. The second kappa shape index (κ2) is 5.80. The van der Waals surface area contributed by atoms with E-state index < -0.39 is 0 Å². The smallest absolute Gasteiger partial charge is 0.269 e. The lowest BCUT2D eigenvalue weighted by molar-refractivity contribution is 0.0962. The average molecular weight is 274 g/mol. The van der Waals surface area contributed by atoms with Crippen LogP contribution in [0.5, 0.6) is 0 Å². The molecule has 0 bridgehead atoms. The van der Waals surface area contributed by atoms with Gasteiger partial charge in [0, 0.05) is 5.56 Å². The summed E-state index contributed by atoms with van der Waals surface area (Å²) < 4.78 is 0. The number of nitrogens with zero attached hydrogens (tertiary/aromatic N) is 3. The molecule has 0 spiro atoms. The zero-order valence-corrected chi connectivity index (χ0v) is 10.3. The first-order valence-electron chi connectivity index (χ1n) is 5.25. The molecule has 0 aliphatic rings. The van der Waals surface area contributed by atoms with Crippen molar-refractivity contribution in [3.63, 3.8) is 0 Å². The van der Waals surface area contributed by atoms with Crippen molar-refractivity contribution >= 4 is 23.3 Å². The Morgan fingerprint density at radius 3 is 2.79 bits per heavy atom. The number of amides is 1. The summed E-state index contributed by atoms with van der Waals surface area (Å²) in [4.78, 5) is 11.8. The lowest BCUT2D eigenvalue weighted by Gasteiger charge is -2.07. The molecule has 2 aromatic rings. The maximum atomic E-state index is 11.8. The van der Waals surface area contributed by atoms with Crippen LogP contribution in [-0.4, -0.2) is 16.1 Å². The van der Waals surface area contributed by atoms with Gasteiger partial charge >= 0.3 is 0 Å². The van der Waals surface area contributed by atoms with Crippen molar-refractivity contribution in [3.05, 3.63) is 52.7 Å². The number of aromatic nitrogens is 2. The molecule has 19 heavy (non-hydrogen) atoms. The predicted octanol–water partition coefficient (Wildman–Crippen LogP) is 1.76. The molecule has 7 heteroatoms. The zero-order chi connectivity index (χ0) is 13.7. The summed E-state index contributed by atoms with van der Waals surface area (Å²) in [6.45, 7) is 0. The number of nitrogens with one attached hydrogen (secondary N) is 2. The second-order valence-corrected chi connectivity index (χ2v) is 3.90. The van der Waals surface area contributed by atoms with Gasteiger partial charge in [-0.05, 0) is 30.3 Å². The lowest BCUT2D eigenvalue weighted by Crippen LogP contribution is -2.29. The Kier molecular flexibility index (Phi) is 3.90. The van der Waals surface area contributed by atoms with Crippen LogP contribution < -0.4 is 10.9 Å². The van der Waals surface area contributed by atoms with Gasteiger partial charge in [-0.15, -0.1) is 10.2 Å². The van der Waals surface area contributed by atoms with E-state index in [0.29, 0.717) is 16.9 Å². The van der Waals surface area contributed by atoms with Crippen LogP contribution in [0, 0.1) is 11.3 Å². The molecule has 0 saturated carbocycles.